The van der Waals surface area contributed by atoms with Gasteiger partial charge < -0.3 is 4.74 Å². The Morgan fingerprint density at radius 2 is 1.68 bits per heavy atom. The van der Waals surface area contributed by atoms with Crippen LogP contribution in [0.1, 0.15) is 29.7 Å². The van der Waals surface area contributed by atoms with Gasteiger partial charge in [-0.15, -0.1) is 0 Å². The van der Waals surface area contributed by atoms with Crippen molar-refractivity contribution in [1.82, 2.24) is 0 Å². The van der Waals surface area contributed by atoms with Gasteiger partial charge in [-0.3, -0.25) is 4.99 Å². The second-order valence-electron chi connectivity index (χ2n) is 4.85. The van der Waals surface area contributed by atoms with Crippen LogP contribution in [0.5, 0.6) is 0 Å². The summed E-state index contributed by atoms with van der Waals surface area (Å²) in [6, 6.07) is 18.0. The SMILES string of the molecule is COC(=O)/C=C/c1ccccc1/C=N/C(C)c1ccccc1. The molecule has 0 saturated heterocycles. The highest BCUT2D eigenvalue weighted by atomic mass is 16.5. The van der Waals surface area contributed by atoms with Crippen LogP contribution in [-0.4, -0.2) is 19.3 Å². The van der Waals surface area contributed by atoms with Gasteiger partial charge in [0.25, 0.3) is 0 Å². The van der Waals surface area contributed by atoms with Gasteiger partial charge in [0.15, 0.2) is 0 Å². The molecule has 3 heteroatoms. The summed E-state index contributed by atoms with van der Waals surface area (Å²) in [5.74, 6) is -0.371. The highest BCUT2D eigenvalue weighted by Gasteiger charge is 2.02. The Morgan fingerprint density at radius 3 is 2.36 bits per heavy atom. The minimum Gasteiger partial charge on any atom is -0.466 e. The minimum absolute atomic E-state index is 0.0823. The molecule has 2 aromatic carbocycles. The number of nitrogens with zero attached hydrogens (tertiary/aromatic N) is 1. The third kappa shape index (κ3) is 4.42. The third-order valence-corrected chi connectivity index (χ3v) is 3.32. The normalized spacial score (nSPS) is 12.6. The van der Waals surface area contributed by atoms with E-state index in [4.69, 9.17) is 0 Å². The molecule has 0 radical (unpaired) electrons. The number of esters is 1. The van der Waals surface area contributed by atoms with Gasteiger partial charge in [0.2, 0.25) is 0 Å². The molecule has 112 valence electrons. The molecule has 0 amide bonds. The molecule has 0 aliphatic carbocycles. The number of rotatable bonds is 5. The zero-order valence-electron chi connectivity index (χ0n) is 12.8. The van der Waals surface area contributed by atoms with Crippen molar-refractivity contribution in [3.8, 4) is 0 Å². The summed E-state index contributed by atoms with van der Waals surface area (Å²) >= 11 is 0. The topological polar surface area (TPSA) is 38.7 Å². The van der Waals surface area contributed by atoms with Crippen LogP contribution in [0.3, 0.4) is 0 Å². The first-order chi connectivity index (χ1) is 10.7. The number of hydrogen-bond donors (Lipinski definition) is 0. The molecule has 2 aromatic rings. The average molecular weight is 293 g/mol. The predicted molar refractivity (Wildman–Crippen MR) is 89.9 cm³/mol. The average Bonchev–Trinajstić information content (AvgIpc) is 2.59. The first-order valence-corrected chi connectivity index (χ1v) is 7.14. The van der Waals surface area contributed by atoms with Gasteiger partial charge in [0.05, 0.1) is 13.2 Å². The van der Waals surface area contributed by atoms with E-state index in [-0.39, 0.29) is 12.0 Å². The quantitative estimate of drug-likeness (QED) is 0.474. The van der Waals surface area contributed by atoms with E-state index in [9.17, 15) is 4.79 Å². The van der Waals surface area contributed by atoms with Crippen molar-refractivity contribution in [1.29, 1.82) is 0 Å². The van der Waals surface area contributed by atoms with Gasteiger partial charge >= 0.3 is 5.97 Å². The summed E-state index contributed by atoms with van der Waals surface area (Å²) in [7, 11) is 1.36. The number of benzene rings is 2. The lowest BCUT2D eigenvalue weighted by molar-refractivity contribution is -0.134. The molecule has 0 spiro atoms. The van der Waals surface area contributed by atoms with Gasteiger partial charge in [0.1, 0.15) is 0 Å². The van der Waals surface area contributed by atoms with Crippen molar-refractivity contribution in [2.75, 3.05) is 7.11 Å². The van der Waals surface area contributed by atoms with Crippen LogP contribution in [0.25, 0.3) is 6.08 Å². The van der Waals surface area contributed by atoms with Crippen molar-refractivity contribution < 1.29 is 9.53 Å². The smallest absolute Gasteiger partial charge is 0.330 e. The fourth-order valence-electron chi connectivity index (χ4n) is 2.02. The highest BCUT2D eigenvalue weighted by molar-refractivity contribution is 5.91. The third-order valence-electron chi connectivity index (χ3n) is 3.32. The Balaban J connectivity index is 2.17. The summed E-state index contributed by atoms with van der Waals surface area (Å²) in [6.45, 7) is 2.05. The van der Waals surface area contributed by atoms with Gasteiger partial charge in [-0.1, -0.05) is 54.6 Å². The largest absolute Gasteiger partial charge is 0.466 e. The highest BCUT2D eigenvalue weighted by Crippen LogP contribution is 2.16. The molecule has 0 fully saturated rings. The molecule has 3 nitrogen and oxygen atoms in total. The number of carbonyl (C=O) groups excluding carboxylic acids is 1. The van der Waals surface area contributed by atoms with Crippen molar-refractivity contribution >= 4 is 18.3 Å². The maximum atomic E-state index is 11.2. The monoisotopic (exact) mass is 293 g/mol. The van der Waals surface area contributed by atoms with E-state index in [1.165, 1.54) is 18.7 Å². The summed E-state index contributed by atoms with van der Waals surface area (Å²) < 4.78 is 4.61. The van der Waals surface area contributed by atoms with Crippen LogP contribution in [0, 0.1) is 0 Å². The molecule has 0 aromatic heterocycles. The Hall–Kier alpha value is -2.68. The lowest BCUT2D eigenvalue weighted by Crippen LogP contribution is -1.95. The summed E-state index contributed by atoms with van der Waals surface area (Å²) in [4.78, 5) is 15.8. The Labute approximate surface area is 131 Å². The number of hydrogen-bond acceptors (Lipinski definition) is 3. The number of aliphatic imine (C=N–C) groups is 1. The minimum atomic E-state index is -0.371. The molecule has 0 N–H and O–H groups in total. The zero-order chi connectivity index (χ0) is 15.8. The van der Waals surface area contributed by atoms with Crippen LogP contribution in [0.4, 0.5) is 0 Å². The number of methoxy groups -OCH3 is 1. The van der Waals surface area contributed by atoms with E-state index in [1.54, 1.807) is 6.08 Å². The molecule has 22 heavy (non-hydrogen) atoms. The molecule has 0 aliphatic heterocycles. The van der Waals surface area contributed by atoms with Gasteiger partial charge in [-0.05, 0) is 29.7 Å². The predicted octanol–water partition coefficient (Wildman–Crippen LogP) is 4.05. The molecule has 0 saturated carbocycles. The number of ether oxygens (including phenoxy) is 1. The van der Waals surface area contributed by atoms with Crippen LogP contribution in [0.2, 0.25) is 0 Å². The second kappa shape index (κ2) is 7.93. The summed E-state index contributed by atoms with van der Waals surface area (Å²) in [6.07, 6.45) is 4.99. The summed E-state index contributed by atoms with van der Waals surface area (Å²) in [5.41, 5.74) is 3.06. The van der Waals surface area contributed by atoms with Gasteiger partial charge in [-0.2, -0.15) is 0 Å². The molecule has 1 atom stereocenters. The van der Waals surface area contributed by atoms with Crippen molar-refractivity contribution in [2.24, 2.45) is 4.99 Å². The Kier molecular flexibility index (Phi) is 5.66. The molecule has 2 rings (SSSR count). The molecule has 1 unspecified atom stereocenters. The fraction of sp³-hybridized carbons (Fsp3) is 0.158. The van der Waals surface area contributed by atoms with Gasteiger partial charge in [-0.25, -0.2) is 4.79 Å². The van der Waals surface area contributed by atoms with E-state index in [2.05, 4.69) is 28.8 Å². The fourth-order valence-corrected chi connectivity index (χ4v) is 2.02. The Morgan fingerprint density at radius 1 is 1.05 bits per heavy atom. The van der Waals surface area contributed by atoms with E-state index in [0.29, 0.717) is 0 Å². The van der Waals surface area contributed by atoms with E-state index in [1.807, 2.05) is 48.7 Å². The standard InChI is InChI=1S/C19H19NO2/c1-15(16-8-4-3-5-9-16)20-14-18-11-7-6-10-17(18)12-13-19(21)22-2/h3-15H,1-2H3/b13-12+,20-14+. The summed E-state index contributed by atoms with van der Waals surface area (Å²) in [5, 5.41) is 0. The van der Waals surface area contributed by atoms with E-state index < -0.39 is 0 Å². The van der Waals surface area contributed by atoms with Crippen molar-refractivity contribution in [3.05, 3.63) is 77.4 Å². The molecular weight excluding hydrogens is 274 g/mol. The zero-order valence-corrected chi connectivity index (χ0v) is 12.8. The lowest BCUT2D eigenvalue weighted by Gasteiger charge is -2.06. The van der Waals surface area contributed by atoms with Crippen LogP contribution in [0.15, 0.2) is 65.7 Å². The van der Waals surface area contributed by atoms with Crippen molar-refractivity contribution in [2.45, 2.75) is 13.0 Å². The van der Waals surface area contributed by atoms with Crippen LogP contribution >= 0.6 is 0 Å². The van der Waals surface area contributed by atoms with Gasteiger partial charge in [0, 0.05) is 12.3 Å². The molecule has 0 bridgehead atoms. The maximum Gasteiger partial charge on any atom is 0.330 e. The first-order valence-electron chi connectivity index (χ1n) is 7.14. The Bertz CT molecular complexity index is 675. The lowest BCUT2D eigenvalue weighted by atomic mass is 10.1. The van der Waals surface area contributed by atoms with E-state index >= 15 is 0 Å². The molecule has 0 heterocycles. The van der Waals surface area contributed by atoms with Crippen LogP contribution in [-0.2, 0) is 9.53 Å². The van der Waals surface area contributed by atoms with E-state index in [0.717, 1.165) is 11.1 Å². The number of carbonyl (C=O) groups is 1. The molecule has 0 aliphatic rings. The molecular formula is C19H19NO2. The van der Waals surface area contributed by atoms with Crippen LogP contribution < -0.4 is 0 Å². The second-order valence-corrected chi connectivity index (χ2v) is 4.85. The first kappa shape index (κ1) is 15.7. The van der Waals surface area contributed by atoms with Crippen molar-refractivity contribution in [3.63, 3.8) is 0 Å². The maximum absolute atomic E-state index is 11.2.